The molecular formula is C31H34F3N9O2. The molecule has 45 heavy (non-hydrogen) atoms. The summed E-state index contributed by atoms with van der Waals surface area (Å²) in [6.45, 7) is 4.98. The number of alkyl halides is 3. The van der Waals surface area contributed by atoms with Crippen LogP contribution in [0.5, 0.6) is 5.88 Å². The van der Waals surface area contributed by atoms with E-state index in [1.54, 1.807) is 13.1 Å². The Balaban J connectivity index is 1.09. The van der Waals surface area contributed by atoms with Crippen LogP contribution in [0.2, 0.25) is 0 Å². The molecule has 6 rings (SSSR count). The predicted molar refractivity (Wildman–Crippen MR) is 158 cm³/mol. The van der Waals surface area contributed by atoms with Gasteiger partial charge in [0.25, 0.3) is 5.91 Å². The van der Waals surface area contributed by atoms with Gasteiger partial charge in [-0.15, -0.1) is 0 Å². The third-order valence-corrected chi connectivity index (χ3v) is 8.89. The number of H-pyrrole nitrogens is 1. The lowest BCUT2D eigenvalue weighted by atomic mass is 9.82. The lowest BCUT2D eigenvalue weighted by Crippen LogP contribution is -2.65. The molecule has 5 heterocycles. The largest absolute Gasteiger partial charge is 0.474 e. The highest BCUT2D eigenvalue weighted by atomic mass is 19.4. The van der Waals surface area contributed by atoms with E-state index in [0.717, 1.165) is 41.2 Å². The van der Waals surface area contributed by atoms with E-state index in [1.807, 2.05) is 30.1 Å². The molecule has 4 aromatic heterocycles. The molecule has 236 valence electrons. The number of hydrogen-bond donors (Lipinski definition) is 2. The zero-order chi connectivity index (χ0) is 31.8. The molecular weight excluding hydrogens is 587 g/mol. The van der Waals surface area contributed by atoms with Gasteiger partial charge >= 0.3 is 6.18 Å². The number of aromatic amines is 1. The van der Waals surface area contributed by atoms with E-state index >= 15 is 0 Å². The zero-order valence-electron chi connectivity index (χ0n) is 25.0. The van der Waals surface area contributed by atoms with Gasteiger partial charge in [-0.1, -0.05) is 6.92 Å². The van der Waals surface area contributed by atoms with Crippen LogP contribution < -0.4 is 10.1 Å². The summed E-state index contributed by atoms with van der Waals surface area (Å²) < 4.78 is 48.6. The van der Waals surface area contributed by atoms with Crippen molar-refractivity contribution >= 4 is 16.9 Å². The Morgan fingerprint density at radius 1 is 1.24 bits per heavy atom. The van der Waals surface area contributed by atoms with Crippen LogP contribution in [0.3, 0.4) is 0 Å². The lowest BCUT2D eigenvalue weighted by Gasteiger charge is -2.53. The maximum atomic E-state index is 13.6. The second-order valence-corrected chi connectivity index (χ2v) is 12.0. The molecule has 1 aliphatic heterocycles. The number of nitrogens with zero attached hydrogens (tertiary/aromatic N) is 7. The van der Waals surface area contributed by atoms with E-state index < -0.39 is 23.3 Å². The quantitative estimate of drug-likeness (QED) is 0.264. The molecule has 1 saturated carbocycles. The van der Waals surface area contributed by atoms with E-state index in [0.29, 0.717) is 38.8 Å². The first-order chi connectivity index (χ1) is 21.6. The smallest absolute Gasteiger partial charge is 0.433 e. The van der Waals surface area contributed by atoms with E-state index in [2.05, 4.69) is 41.3 Å². The molecule has 1 atom stereocenters. The maximum Gasteiger partial charge on any atom is 0.433 e. The monoisotopic (exact) mass is 621 g/mol. The van der Waals surface area contributed by atoms with Gasteiger partial charge in [0, 0.05) is 60.1 Å². The number of amides is 1. The Morgan fingerprint density at radius 2 is 2.02 bits per heavy atom. The zero-order valence-corrected chi connectivity index (χ0v) is 25.0. The molecule has 2 N–H and O–H groups in total. The van der Waals surface area contributed by atoms with Crippen LogP contribution >= 0.6 is 0 Å². The van der Waals surface area contributed by atoms with Crippen molar-refractivity contribution in [3.63, 3.8) is 0 Å². The number of hydrogen-bond acceptors (Lipinski definition) is 8. The van der Waals surface area contributed by atoms with Crippen LogP contribution in [-0.4, -0.2) is 71.8 Å². The van der Waals surface area contributed by atoms with Crippen molar-refractivity contribution in [1.82, 2.24) is 39.9 Å². The number of carbonyl (C=O) groups is 1. The number of carbonyl (C=O) groups excluding carboxylic acids is 1. The molecule has 14 heteroatoms. The number of nitriles is 1. The van der Waals surface area contributed by atoms with Crippen LogP contribution in [0, 0.1) is 11.3 Å². The van der Waals surface area contributed by atoms with Crippen molar-refractivity contribution < 1.29 is 22.7 Å². The molecule has 2 fully saturated rings. The number of rotatable bonds is 9. The average molecular weight is 622 g/mol. The molecule has 0 aromatic carbocycles. The summed E-state index contributed by atoms with van der Waals surface area (Å²) in [5.41, 5.74) is 0.613. The highest BCUT2D eigenvalue weighted by Crippen LogP contribution is 2.39. The molecule has 1 unspecified atom stereocenters. The molecule has 1 saturated heterocycles. The van der Waals surface area contributed by atoms with Crippen molar-refractivity contribution in [3.05, 3.63) is 54.4 Å². The predicted octanol–water partition coefficient (Wildman–Crippen LogP) is 5.08. The first-order valence-electron chi connectivity index (χ1n) is 15.1. The minimum atomic E-state index is -4.71. The number of fused-ring (bicyclic) bond motifs is 1. The molecule has 1 amide bonds. The van der Waals surface area contributed by atoms with Crippen LogP contribution in [0.1, 0.15) is 68.4 Å². The summed E-state index contributed by atoms with van der Waals surface area (Å²) >= 11 is 0. The number of pyridine rings is 1. The fraction of sp³-hybridized carbons (Fsp3) is 0.484. The number of nitrogens with one attached hydrogen (secondary N) is 2. The van der Waals surface area contributed by atoms with Crippen molar-refractivity contribution in [2.24, 2.45) is 0 Å². The van der Waals surface area contributed by atoms with E-state index in [4.69, 9.17) is 4.74 Å². The topological polar surface area (TPSA) is 138 Å². The Hall–Kier alpha value is -4.51. The summed E-state index contributed by atoms with van der Waals surface area (Å²) in [4.78, 5) is 30.4. The summed E-state index contributed by atoms with van der Waals surface area (Å²) in [5, 5.41) is 17.9. The first kappa shape index (κ1) is 30.5. The summed E-state index contributed by atoms with van der Waals surface area (Å²) in [6.07, 6.45) is 5.77. The third kappa shape index (κ3) is 6.22. The fourth-order valence-corrected chi connectivity index (χ4v) is 6.21. The van der Waals surface area contributed by atoms with Gasteiger partial charge in [-0.3, -0.25) is 14.4 Å². The summed E-state index contributed by atoms with van der Waals surface area (Å²) in [5.74, 6) is -0.793. The SMILES string of the molecule is CCC(C)NC(=O)c1cc(OC2CCC(N3CC(CC#N)(n4cc(-c5ncnc6[nH]ccc56)cn4)C3)CC2)nc(C(F)(F)F)c1. The fourth-order valence-electron chi connectivity index (χ4n) is 6.21. The van der Waals surface area contributed by atoms with Crippen molar-refractivity contribution in [1.29, 1.82) is 5.26 Å². The van der Waals surface area contributed by atoms with E-state index in [9.17, 15) is 23.2 Å². The first-order valence-corrected chi connectivity index (χ1v) is 15.1. The molecule has 0 spiro atoms. The van der Waals surface area contributed by atoms with Gasteiger partial charge in [-0.25, -0.2) is 15.0 Å². The van der Waals surface area contributed by atoms with Crippen molar-refractivity contribution in [2.75, 3.05) is 13.1 Å². The van der Waals surface area contributed by atoms with Crippen LogP contribution in [0.4, 0.5) is 13.2 Å². The summed E-state index contributed by atoms with van der Waals surface area (Å²) in [6, 6.07) is 6.36. The summed E-state index contributed by atoms with van der Waals surface area (Å²) in [7, 11) is 0. The average Bonchev–Trinajstić information content (AvgIpc) is 3.69. The Labute approximate surface area is 257 Å². The van der Waals surface area contributed by atoms with Crippen LogP contribution in [0.25, 0.3) is 22.3 Å². The van der Waals surface area contributed by atoms with Crippen LogP contribution in [0.15, 0.2) is 43.1 Å². The third-order valence-electron chi connectivity index (χ3n) is 8.89. The minimum Gasteiger partial charge on any atom is -0.474 e. The number of aromatic nitrogens is 6. The van der Waals surface area contributed by atoms with Gasteiger partial charge in [0.15, 0.2) is 0 Å². The van der Waals surface area contributed by atoms with Crippen molar-refractivity contribution in [2.45, 2.75) is 82.3 Å². The minimum absolute atomic E-state index is 0.130. The van der Waals surface area contributed by atoms with Gasteiger partial charge in [-0.2, -0.15) is 23.5 Å². The Kier molecular flexibility index (Phi) is 8.22. The number of likely N-dealkylation sites (tertiary alicyclic amines) is 1. The standard InChI is InChI=1S/C31H34F3N9O2/c1-3-19(2)40-29(44)20-12-25(31(32,33)34)41-26(13-20)45-23-6-4-22(5-7-23)42-16-30(17-42,9-10-35)43-15-21(14-39-43)27-24-8-11-36-28(24)38-18-37-27/h8,11-15,18-19,22-23H,3-7,9,16-17H2,1-2H3,(H,40,44)(H,36,37,38). The molecule has 0 radical (unpaired) electrons. The Morgan fingerprint density at radius 3 is 2.73 bits per heavy atom. The lowest BCUT2D eigenvalue weighted by molar-refractivity contribution is -0.141. The van der Waals surface area contributed by atoms with Gasteiger partial charge in [-0.05, 0) is 51.2 Å². The van der Waals surface area contributed by atoms with Gasteiger partial charge in [0.2, 0.25) is 5.88 Å². The van der Waals surface area contributed by atoms with E-state index in [-0.39, 0.29) is 29.6 Å². The molecule has 4 aromatic rings. The maximum absolute atomic E-state index is 13.6. The van der Waals surface area contributed by atoms with Gasteiger partial charge in [0.1, 0.15) is 29.3 Å². The molecule has 2 aliphatic rings. The normalized spacial score (nSPS) is 20.7. The molecule has 0 bridgehead atoms. The Bertz CT molecular complexity index is 1710. The van der Waals surface area contributed by atoms with Crippen LogP contribution in [-0.2, 0) is 11.7 Å². The second kappa shape index (κ2) is 12.1. The second-order valence-electron chi connectivity index (χ2n) is 12.0. The molecule has 1 aliphatic carbocycles. The highest BCUT2D eigenvalue weighted by Gasteiger charge is 2.48. The van der Waals surface area contributed by atoms with Gasteiger partial charge < -0.3 is 15.0 Å². The van der Waals surface area contributed by atoms with Crippen molar-refractivity contribution in [3.8, 4) is 23.2 Å². The number of halogens is 3. The molecule has 11 nitrogen and oxygen atoms in total. The number of ether oxygens (including phenoxy) is 1. The van der Waals surface area contributed by atoms with Gasteiger partial charge in [0.05, 0.1) is 24.4 Å². The van der Waals surface area contributed by atoms with E-state index in [1.165, 1.54) is 12.4 Å². The highest BCUT2D eigenvalue weighted by molar-refractivity contribution is 5.94.